The standard InChI is InChI=1S/C34H47N3O4/c1-31(2,3)35-19-17-33(7,8)26(22-35)29(38)15-12-24-11-13-25(28(21-24)37(40)41)14-16-30(39)27-23-36(32(4,5)6)20-18-34(27,9)10/h11-16,21-23H,17-20H2,1-10H3/b15-12+,16-14+. The lowest BCUT2D eigenvalue weighted by Crippen LogP contribution is -2.44. The zero-order chi connectivity index (χ0) is 31.0. The Morgan fingerprint density at radius 3 is 1.66 bits per heavy atom. The molecule has 0 N–H and O–H groups in total. The van der Waals surface area contributed by atoms with Gasteiger partial charge < -0.3 is 9.80 Å². The fourth-order valence-electron chi connectivity index (χ4n) is 5.19. The Morgan fingerprint density at radius 2 is 1.24 bits per heavy atom. The highest BCUT2D eigenvalue weighted by Crippen LogP contribution is 2.39. The number of benzene rings is 1. The number of rotatable bonds is 7. The van der Waals surface area contributed by atoms with Crippen LogP contribution in [0.15, 0.2) is 53.9 Å². The minimum Gasteiger partial charge on any atom is -0.372 e. The Kier molecular flexibility index (Phi) is 8.92. The van der Waals surface area contributed by atoms with Gasteiger partial charge in [-0.05, 0) is 95.1 Å². The molecular weight excluding hydrogens is 514 g/mol. The summed E-state index contributed by atoms with van der Waals surface area (Å²) in [4.78, 5) is 42.4. The van der Waals surface area contributed by atoms with Crippen LogP contribution in [0.5, 0.6) is 0 Å². The van der Waals surface area contributed by atoms with Crippen molar-refractivity contribution in [2.75, 3.05) is 13.1 Å². The number of nitrogens with zero attached hydrogens (tertiary/aromatic N) is 3. The van der Waals surface area contributed by atoms with Crippen LogP contribution in [0, 0.1) is 20.9 Å². The molecule has 1 aromatic carbocycles. The lowest BCUT2D eigenvalue weighted by atomic mass is 9.76. The third-order valence-corrected chi connectivity index (χ3v) is 8.33. The monoisotopic (exact) mass is 561 g/mol. The molecule has 3 rings (SSSR count). The zero-order valence-corrected chi connectivity index (χ0v) is 26.5. The maximum atomic E-state index is 13.3. The average Bonchev–Trinajstić information content (AvgIpc) is 2.84. The van der Waals surface area contributed by atoms with Crippen LogP contribution in [0.4, 0.5) is 5.69 Å². The molecule has 0 aromatic heterocycles. The molecule has 0 bridgehead atoms. The summed E-state index contributed by atoms with van der Waals surface area (Å²) in [5.74, 6) is -0.255. The quantitative estimate of drug-likeness (QED) is 0.194. The van der Waals surface area contributed by atoms with Gasteiger partial charge in [0.1, 0.15) is 0 Å². The number of carbonyl (C=O) groups excluding carboxylic acids is 2. The molecule has 0 spiro atoms. The summed E-state index contributed by atoms with van der Waals surface area (Å²) < 4.78 is 0. The minimum atomic E-state index is -0.456. The third kappa shape index (κ3) is 7.63. The van der Waals surface area contributed by atoms with Crippen LogP contribution in [0.25, 0.3) is 12.2 Å². The molecule has 0 radical (unpaired) electrons. The maximum absolute atomic E-state index is 13.3. The van der Waals surface area contributed by atoms with E-state index in [-0.39, 0.29) is 39.2 Å². The predicted molar refractivity (Wildman–Crippen MR) is 167 cm³/mol. The molecule has 0 unspecified atom stereocenters. The number of ketones is 2. The number of carbonyl (C=O) groups is 2. The molecule has 222 valence electrons. The van der Waals surface area contributed by atoms with Crippen molar-refractivity contribution < 1.29 is 14.5 Å². The van der Waals surface area contributed by atoms with E-state index in [0.29, 0.717) is 16.7 Å². The lowest BCUT2D eigenvalue weighted by molar-refractivity contribution is -0.385. The molecular formula is C34H47N3O4. The summed E-state index contributed by atoms with van der Waals surface area (Å²) in [6, 6.07) is 4.80. The number of nitro benzene ring substituents is 1. The summed E-state index contributed by atoms with van der Waals surface area (Å²) in [5, 5.41) is 11.9. The van der Waals surface area contributed by atoms with Crippen molar-refractivity contribution in [3.8, 4) is 0 Å². The van der Waals surface area contributed by atoms with Gasteiger partial charge in [0, 0.05) is 53.8 Å². The van der Waals surface area contributed by atoms with Crippen molar-refractivity contribution in [1.29, 1.82) is 0 Å². The van der Waals surface area contributed by atoms with E-state index in [1.807, 2.05) is 12.4 Å². The molecule has 7 nitrogen and oxygen atoms in total. The van der Waals surface area contributed by atoms with Gasteiger partial charge >= 0.3 is 0 Å². The largest absolute Gasteiger partial charge is 0.372 e. The highest BCUT2D eigenvalue weighted by molar-refractivity contribution is 6.08. The molecule has 2 aliphatic rings. The van der Waals surface area contributed by atoms with Crippen molar-refractivity contribution in [2.45, 2.75) is 93.2 Å². The van der Waals surface area contributed by atoms with Crippen LogP contribution in [-0.2, 0) is 9.59 Å². The van der Waals surface area contributed by atoms with Gasteiger partial charge in [-0.2, -0.15) is 0 Å². The molecule has 2 aliphatic heterocycles. The Bertz CT molecular complexity index is 1330. The van der Waals surface area contributed by atoms with E-state index in [4.69, 9.17) is 0 Å². The second-order valence-corrected chi connectivity index (χ2v) is 14.6. The molecule has 41 heavy (non-hydrogen) atoms. The van der Waals surface area contributed by atoms with Crippen LogP contribution in [0.2, 0.25) is 0 Å². The first-order valence-electron chi connectivity index (χ1n) is 14.4. The van der Waals surface area contributed by atoms with Crippen LogP contribution < -0.4 is 0 Å². The van der Waals surface area contributed by atoms with Crippen LogP contribution in [0.3, 0.4) is 0 Å². The summed E-state index contributed by atoms with van der Waals surface area (Å²) >= 11 is 0. The van der Waals surface area contributed by atoms with Crippen LogP contribution in [-0.4, -0.2) is 50.5 Å². The van der Waals surface area contributed by atoms with Gasteiger partial charge in [0.15, 0.2) is 11.6 Å². The van der Waals surface area contributed by atoms with Crippen molar-refractivity contribution in [3.63, 3.8) is 0 Å². The lowest BCUT2D eigenvalue weighted by Gasteiger charge is -2.43. The second kappa shape index (κ2) is 11.4. The third-order valence-electron chi connectivity index (χ3n) is 8.33. The van der Waals surface area contributed by atoms with Crippen LogP contribution in [0.1, 0.15) is 93.2 Å². The number of nitro groups is 1. The molecule has 2 heterocycles. The first-order valence-corrected chi connectivity index (χ1v) is 14.4. The van der Waals surface area contributed by atoms with Crippen molar-refractivity contribution in [3.05, 3.63) is 75.1 Å². The van der Waals surface area contributed by atoms with E-state index in [0.717, 1.165) is 31.5 Å². The summed E-state index contributed by atoms with van der Waals surface area (Å²) in [6.45, 7) is 22.7. The van der Waals surface area contributed by atoms with Gasteiger partial charge in [0.2, 0.25) is 0 Å². The van der Waals surface area contributed by atoms with Crippen molar-refractivity contribution >= 4 is 29.4 Å². The first kappa shape index (κ1) is 32.0. The van der Waals surface area contributed by atoms with E-state index in [1.54, 1.807) is 18.2 Å². The second-order valence-electron chi connectivity index (χ2n) is 14.6. The van der Waals surface area contributed by atoms with E-state index in [9.17, 15) is 19.7 Å². The zero-order valence-electron chi connectivity index (χ0n) is 26.5. The minimum absolute atomic E-state index is 0.0909. The van der Waals surface area contributed by atoms with E-state index in [2.05, 4.69) is 79.0 Å². The Hall–Kier alpha value is -3.48. The molecule has 1 aromatic rings. The van der Waals surface area contributed by atoms with Gasteiger partial charge in [0.25, 0.3) is 5.69 Å². The van der Waals surface area contributed by atoms with Gasteiger partial charge in [0.05, 0.1) is 10.5 Å². The SMILES string of the molecule is CC1(C)CCN(C(C)(C)C)C=C1C(=O)/C=C/c1ccc(/C=C/C(=O)C2=CN(C(C)(C)C)CCC2(C)C)c([N+](=O)[O-])c1. The fourth-order valence-corrected chi connectivity index (χ4v) is 5.19. The molecule has 0 amide bonds. The summed E-state index contributed by atoms with van der Waals surface area (Å²) in [7, 11) is 0. The van der Waals surface area contributed by atoms with Gasteiger partial charge in [-0.25, -0.2) is 0 Å². The predicted octanol–water partition coefficient (Wildman–Crippen LogP) is 7.59. The molecule has 7 heteroatoms. The Labute approximate surface area is 245 Å². The van der Waals surface area contributed by atoms with E-state index in [1.165, 1.54) is 24.3 Å². The normalized spacial score (nSPS) is 19.4. The van der Waals surface area contributed by atoms with Gasteiger partial charge in [-0.3, -0.25) is 19.7 Å². The molecule has 0 aliphatic carbocycles. The summed E-state index contributed by atoms with van der Waals surface area (Å²) in [6.07, 6.45) is 11.7. The van der Waals surface area contributed by atoms with Crippen molar-refractivity contribution in [1.82, 2.24) is 9.80 Å². The topological polar surface area (TPSA) is 83.8 Å². The number of hydrogen-bond donors (Lipinski definition) is 0. The average molecular weight is 562 g/mol. The molecule has 0 fully saturated rings. The molecule has 0 saturated carbocycles. The Morgan fingerprint density at radius 1 is 0.805 bits per heavy atom. The van der Waals surface area contributed by atoms with E-state index < -0.39 is 4.92 Å². The van der Waals surface area contributed by atoms with E-state index >= 15 is 0 Å². The smallest absolute Gasteiger partial charge is 0.277 e. The maximum Gasteiger partial charge on any atom is 0.277 e. The van der Waals surface area contributed by atoms with Gasteiger partial charge in [-0.1, -0.05) is 39.8 Å². The molecule has 0 atom stereocenters. The highest BCUT2D eigenvalue weighted by Gasteiger charge is 2.36. The summed E-state index contributed by atoms with van der Waals surface area (Å²) in [5.41, 5.74) is 1.45. The fraction of sp³-hybridized carbons (Fsp3) is 0.529. The van der Waals surface area contributed by atoms with Crippen molar-refractivity contribution in [2.24, 2.45) is 10.8 Å². The Balaban J connectivity index is 1.86. The number of allylic oxidation sites excluding steroid dienone is 4. The van der Waals surface area contributed by atoms with Gasteiger partial charge in [-0.15, -0.1) is 0 Å². The van der Waals surface area contributed by atoms with Crippen LogP contribution >= 0.6 is 0 Å². The highest BCUT2D eigenvalue weighted by atomic mass is 16.6. The molecule has 0 saturated heterocycles. The first-order chi connectivity index (χ1) is 18.7. The number of hydrogen-bond acceptors (Lipinski definition) is 6.